The molecule has 1 aliphatic rings. The van der Waals surface area contributed by atoms with E-state index in [-0.39, 0.29) is 6.04 Å². The van der Waals surface area contributed by atoms with Gasteiger partial charge in [0, 0.05) is 45.8 Å². The third kappa shape index (κ3) is 5.92. The number of alkyl halides is 2. The lowest BCUT2D eigenvalue weighted by Crippen LogP contribution is -2.27. The van der Waals surface area contributed by atoms with E-state index in [0.29, 0.717) is 46.5 Å². The van der Waals surface area contributed by atoms with E-state index in [4.69, 9.17) is 63.1 Å². The Bertz CT molecular complexity index is 1130. The second-order valence-electron chi connectivity index (χ2n) is 7.26. The van der Waals surface area contributed by atoms with Gasteiger partial charge in [-0.05, 0) is 35.9 Å². The third-order valence-corrected chi connectivity index (χ3v) is 8.00. The quantitative estimate of drug-likeness (QED) is 0.235. The van der Waals surface area contributed by atoms with Crippen molar-refractivity contribution in [2.24, 2.45) is 5.10 Å². The Balaban J connectivity index is 1.75. The van der Waals surface area contributed by atoms with Gasteiger partial charge in [-0.3, -0.25) is 5.01 Å². The maximum atomic E-state index is 6.67. The van der Waals surface area contributed by atoms with Gasteiger partial charge in [0.25, 0.3) is 0 Å². The van der Waals surface area contributed by atoms with Crippen LogP contribution in [0.1, 0.15) is 22.9 Å². The minimum Gasteiger partial charge on any atom is -0.346 e. The second kappa shape index (κ2) is 11.3. The van der Waals surface area contributed by atoms with Crippen molar-refractivity contribution in [2.75, 3.05) is 34.8 Å². The highest BCUT2D eigenvalue weighted by Gasteiger charge is 2.34. The molecule has 0 amide bonds. The number of hydrogen-bond acceptors (Lipinski definition) is 5. The van der Waals surface area contributed by atoms with Gasteiger partial charge in [0.05, 0.1) is 22.3 Å². The number of aromatic nitrogens is 1. The predicted octanol–water partition coefficient (Wildman–Crippen LogP) is 8.51. The highest BCUT2D eigenvalue weighted by atomic mass is 79.9. The van der Waals surface area contributed by atoms with Gasteiger partial charge in [-0.1, -0.05) is 74.2 Å². The molecule has 2 aromatic carbocycles. The second-order valence-corrected chi connectivity index (χ2v) is 11.2. The Morgan fingerprint density at radius 2 is 1.64 bits per heavy atom. The number of hydrazone groups is 1. The summed E-state index contributed by atoms with van der Waals surface area (Å²) in [6, 6.07) is 13.3. The summed E-state index contributed by atoms with van der Waals surface area (Å²) in [6.45, 7) is 1.27. The lowest BCUT2D eigenvalue weighted by Gasteiger charge is -2.23. The minimum absolute atomic E-state index is 0.161. The van der Waals surface area contributed by atoms with Crippen LogP contribution in [0, 0.1) is 0 Å². The molecule has 1 aliphatic heterocycles. The molecule has 3 aromatic rings. The lowest BCUT2D eigenvalue weighted by molar-refractivity contribution is 0.720. The highest BCUT2D eigenvalue weighted by Crippen LogP contribution is 2.44. The van der Waals surface area contributed by atoms with Gasteiger partial charge in [-0.25, -0.2) is 4.98 Å². The Morgan fingerprint density at radius 1 is 1.00 bits per heavy atom. The van der Waals surface area contributed by atoms with E-state index in [2.05, 4.69) is 20.9 Å². The fraction of sp³-hybridized carbons (Fsp3) is 0.273. The SMILES string of the molecule is ClCCN(CCCl)c1nc(Cl)c(C2CC(c3ccc(Br)cc3)=NN2c2cc(Cl)cc(Cl)c2)s1. The molecule has 174 valence electrons. The van der Waals surface area contributed by atoms with Gasteiger partial charge in [-0.2, -0.15) is 5.10 Å². The summed E-state index contributed by atoms with van der Waals surface area (Å²) in [6.07, 6.45) is 0.651. The van der Waals surface area contributed by atoms with Crippen LogP contribution in [0.25, 0.3) is 0 Å². The van der Waals surface area contributed by atoms with Crippen LogP contribution in [0.4, 0.5) is 10.8 Å². The number of rotatable bonds is 8. The van der Waals surface area contributed by atoms with Crippen LogP contribution in [-0.2, 0) is 0 Å². The molecule has 0 N–H and O–H groups in total. The first-order valence-electron chi connectivity index (χ1n) is 10.0. The zero-order chi connectivity index (χ0) is 23.5. The maximum absolute atomic E-state index is 6.67. The standard InChI is InChI=1S/C22H18BrCl5N4S/c23-14-3-1-13(2-4-14)18-12-19(32(30-18)17-10-15(26)9-16(27)11-17)20-21(28)29-22(33-20)31(7-5-24)8-6-25/h1-4,9-11,19H,5-8,12H2. The molecule has 2 heterocycles. The first-order valence-corrected chi connectivity index (χ1v) is 13.8. The fourth-order valence-electron chi connectivity index (χ4n) is 3.59. The molecule has 0 radical (unpaired) electrons. The first-order chi connectivity index (χ1) is 15.9. The van der Waals surface area contributed by atoms with Crippen molar-refractivity contribution in [1.29, 1.82) is 0 Å². The van der Waals surface area contributed by atoms with Crippen molar-refractivity contribution in [3.63, 3.8) is 0 Å². The molecule has 0 aliphatic carbocycles. The largest absolute Gasteiger partial charge is 0.346 e. The Morgan fingerprint density at radius 3 is 2.24 bits per heavy atom. The zero-order valence-corrected chi connectivity index (χ0v) is 23.3. The van der Waals surface area contributed by atoms with Crippen molar-refractivity contribution in [1.82, 2.24) is 4.98 Å². The monoisotopic (exact) mass is 624 g/mol. The number of hydrogen-bond donors (Lipinski definition) is 0. The first kappa shape index (κ1) is 25.4. The van der Waals surface area contributed by atoms with E-state index in [9.17, 15) is 0 Å². The van der Waals surface area contributed by atoms with E-state index in [1.807, 2.05) is 46.3 Å². The Hall–Kier alpha value is -0.730. The Kier molecular flexibility index (Phi) is 8.71. The molecule has 1 atom stereocenters. The van der Waals surface area contributed by atoms with Crippen LogP contribution < -0.4 is 9.91 Å². The maximum Gasteiger partial charge on any atom is 0.187 e. The topological polar surface area (TPSA) is 31.7 Å². The summed E-state index contributed by atoms with van der Waals surface area (Å²) in [5.41, 5.74) is 2.76. The van der Waals surface area contributed by atoms with Crippen LogP contribution in [0.2, 0.25) is 15.2 Å². The molecule has 33 heavy (non-hydrogen) atoms. The molecule has 1 unspecified atom stereocenters. The summed E-state index contributed by atoms with van der Waals surface area (Å²) in [7, 11) is 0. The van der Waals surface area contributed by atoms with Gasteiger partial charge in [-0.15, -0.1) is 23.2 Å². The van der Waals surface area contributed by atoms with Gasteiger partial charge in [0.15, 0.2) is 5.13 Å². The van der Waals surface area contributed by atoms with Gasteiger partial charge >= 0.3 is 0 Å². The average Bonchev–Trinajstić information content (AvgIpc) is 3.37. The summed E-state index contributed by atoms with van der Waals surface area (Å²) in [5, 5.41) is 9.18. The Labute approximate surface area is 230 Å². The van der Waals surface area contributed by atoms with Crippen LogP contribution in [0.3, 0.4) is 0 Å². The normalized spacial score (nSPS) is 15.8. The van der Waals surface area contributed by atoms with E-state index in [1.165, 1.54) is 11.3 Å². The molecule has 1 aromatic heterocycles. The van der Waals surface area contributed by atoms with E-state index in [0.717, 1.165) is 31.4 Å². The van der Waals surface area contributed by atoms with Crippen molar-refractivity contribution >= 4 is 102 Å². The third-order valence-electron chi connectivity index (χ3n) is 5.08. The smallest absolute Gasteiger partial charge is 0.187 e. The minimum atomic E-state index is -0.161. The molecular formula is C22H18BrCl5N4S. The van der Waals surface area contributed by atoms with E-state index < -0.39 is 0 Å². The van der Waals surface area contributed by atoms with Crippen LogP contribution in [-0.4, -0.2) is 35.5 Å². The molecule has 0 saturated heterocycles. The fourth-order valence-corrected chi connectivity index (χ4v) is 6.24. The summed E-state index contributed by atoms with van der Waals surface area (Å²) in [4.78, 5) is 7.58. The molecule has 4 rings (SSSR count). The number of halogens is 6. The average molecular weight is 628 g/mol. The van der Waals surface area contributed by atoms with Crippen molar-refractivity contribution in [3.05, 3.63) is 72.6 Å². The van der Waals surface area contributed by atoms with Crippen molar-refractivity contribution in [2.45, 2.75) is 12.5 Å². The lowest BCUT2D eigenvalue weighted by atomic mass is 10.0. The van der Waals surface area contributed by atoms with Crippen LogP contribution in [0.5, 0.6) is 0 Å². The van der Waals surface area contributed by atoms with Gasteiger partial charge in [0.2, 0.25) is 0 Å². The van der Waals surface area contributed by atoms with Gasteiger partial charge in [0.1, 0.15) is 5.15 Å². The summed E-state index contributed by atoms with van der Waals surface area (Å²) >= 11 is 36.3. The predicted molar refractivity (Wildman–Crippen MR) is 148 cm³/mol. The summed E-state index contributed by atoms with van der Waals surface area (Å²) < 4.78 is 1.01. The molecule has 0 bridgehead atoms. The molecule has 0 fully saturated rings. The van der Waals surface area contributed by atoms with Crippen molar-refractivity contribution in [3.8, 4) is 0 Å². The van der Waals surface area contributed by atoms with Crippen LogP contribution >= 0.6 is 85.3 Å². The van der Waals surface area contributed by atoms with E-state index >= 15 is 0 Å². The number of benzene rings is 2. The van der Waals surface area contributed by atoms with Crippen molar-refractivity contribution < 1.29 is 0 Å². The molecular weight excluding hydrogens is 610 g/mol. The molecule has 4 nitrogen and oxygen atoms in total. The number of thiazole rings is 1. The van der Waals surface area contributed by atoms with Crippen LogP contribution in [0.15, 0.2) is 52.0 Å². The number of anilines is 2. The summed E-state index contributed by atoms with van der Waals surface area (Å²) in [5.74, 6) is 0.938. The molecule has 0 saturated carbocycles. The molecule has 11 heteroatoms. The number of nitrogens with zero attached hydrogens (tertiary/aromatic N) is 4. The zero-order valence-electron chi connectivity index (χ0n) is 17.1. The van der Waals surface area contributed by atoms with E-state index in [1.54, 1.807) is 6.07 Å². The van der Waals surface area contributed by atoms with Gasteiger partial charge < -0.3 is 4.90 Å². The highest BCUT2D eigenvalue weighted by molar-refractivity contribution is 9.10. The molecule has 0 spiro atoms.